The number of nitrogens with zero attached hydrogens (tertiary/aromatic N) is 1. The summed E-state index contributed by atoms with van der Waals surface area (Å²) in [6.07, 6.45) is 2.47. The van der Waals surface area contributed by atoms with E-state index in [1.54, 1.807) is 0 Å². The maximum Gasteiger partial charge on any atom is 0.0794 e. The number of hydrogen-bond acceptors (Lipinski definition) is 1. The third-order valence-electron chi connectivity index (χ3n) is 2.65. The van der Waals surface area contributed by atoms with E-state index < -0.39 is 0 Å². The minimum absolute atomic E-state index is 0.869. The molecule has 0 aliphatic carbocycles. The zero-order valence-electron chi connectivity index (χ0n) is 8.59. The van der Waals surface area contributed by atoms with Crippen LogP contribution in [-0.4, -0.2) is 13.1 Å². The number of rotatable bonds is 1. The Hall–Kier alpha value is -1.42. The minimum Gasteiger partial charge on any atom is -0.360 e. The Morgan fingerprint density at radius 1 is 1.36 bits per heavy atom. The van der Waals surface area contributed by atoms with Gasteiger partial charge in [0.2, 0.25) is 0 Å². The van der Waals surface area contributed by atoms with Gasteiger partial charge in [-0.2, -0.15) is 0 Å². The van der Waals surface area contributed by atoms with Gasteiger partial charge in [-0.05, 0) is 31.4 Å². The summed E-state index contributed by atoms with van der Waals surface area (Å²) in [5.41, 5.74) is 2.85. The van der Waals surface area contributed by atoms with E-state index in [0.29, 0.717) is 0 Å². The number of fused-ring (bicyclic) bond motifs is 1. The van der Waals surface area contributed by atoms with E-state index >= 15 is 0 Å². The van der Waals surface area contributed by atoms with Gasteiger partial charge in [0.1, 0.15) is 0 Å². The zero-order chi connectivity index (χ0) is 9.80. The molecule has 1 aliphatic heterocycles. The van der Waals surface area contributed by atoms with Crippen molar-refractivity contribution in [2.45, 2.75) is 19.8 Å². The molecule has 14 heavy (non-hydrogen) atoms. The van der Waals surface area contributed by atoms with Gasteiger partial charge in [-0.3, -0.25) is 0 Å². The van der Waals surface area contributed by atoms with Crippen LogP contribution in [0.1, 0.15) is 18.9 Å². The fraction of sp³-hybridized carbons (Fsp3) is 0.385. The molecule has 1 aromatic rings. The molecule has 0 aromatic heterocycles. The lowest BCUT2D eigenvalue weighted by molar-refractivity contribution is 0.726. The molecule has 1 aromatic carbocycles. The van der Waals surface area contributed by atoms with Crippen LogP contribution in [-0.2, 0) is 6.42 Å². The van der Waals surface area contributed by atoms with Crippen LogP contribution in [0, 0.1) is 11.8 Å². The molecule has 1 heterocycles. The predicted octanol–water partition coefficient (Wildman–Crippen LogP) is 2.46. The van der Waals surface area contributed by atoms with E-state index in [2.05, 4.69) is 41.0 Å². The highest BCUT2D eigenvalue weighted by Crippen LogP contribution is 2.25. The predicted molar refractivity (Wildman–Crippen MR) is 60.4 cm³/mol. The lowest BCUT2D eigenvalue weighted by Gasteiger charge is -2.29. The third-order valence-corrected chi connectivity index (χ3v) is 2.65. The topological polar surface area (TPSA) is 3.24 Å². The number of para-hydroxylation sites is 1. The average molecular weight is 185 g/mol. The first kappa shape index (κ1) is 9.15. The summed E-state index contributed by atoms with van der Waals surface area (Å²) in [6, 6.07) is 8.65. The maximum absolute atomic E-state index is 3.13. The van der Waals surface area contributed by atoms with Crippen LogP contribution in [0.3, 0.4) is 0 Å². The van der Waals surface area contributed by atoms with Crippen molar-refractivity contribution in [1.82, 2.24) is 0 Å². The van der Waals surface area contributed by atoms with Gasteiger partial charge in [-0.25, -0.2) is 0 Å². The molecule has 0 spiro atoms. The first-order valence-electron chi connectivity index (χ1n) is 5.14. The van der Waals surface area contributed by atoms with Crippen molar-refractivity contribution < 1.29 is 0 Å². The average Bonchev–Trinajstić information content (AvgIpc) is 2.26. The summed E-state index contributed by atoms with van der Waals surface area (Å²) >= 11 is 0. The van der Waals surface area contributed by atoms with Gasteiger partial charge in [-0.15, -0.1) is 5.92 Å². The molecule has 0 radical (unpaired) electrons. The molecule has 72 valence electrons. The highest BCUT2D eigenvalue weighted by atomic mass is 15.1. The Morgan fingerprint density at radius 2 is 2.21 bits per heavy atom. The fourth-order valence-electron chi connectivity index (χ4n) is 1.95. The molecular formula is C13H15N. The zero-order valence-corrected chi connectivity index (χ0v) is 8.59. The summed E-state index contributed by atoms with van der Waals surface area (Å²) in [5, 5.41) is 0. The number of anilines is 1. The Balaban J connectivity index is 2.24. The van der Waals surface area contributed by atoms with Crippen LogP contribution in [0.2, 0.25) is 0 Å². The molecule has 2 rings (SSSR count). The second-order valence-electron chi connectivity index (χ2n) is 3.58. The lowest BCUT2D eigenvalue weighted by Crippen LogP contribution is -2.29. The van der Waals surface area contributed by atoms with Crippen LogP contribution in [0.15, 0.2) is 24.3 Å². The van der Waals surface area contributed by atoms with E-state index in [1.165, 1.54) is 24.1 Å². The van der Waals surface area contributed by atoms with Crippen molar-refractivity contribution in [3.8, 4) is 11.8 Å². The summed E-state index contributed by atoms with van der Waals surface area (Å²) in [7, 11) is 0. The number of hydrogen-bond donors (Lipinski definition) is 0. The maximum atomic E-state index is 3.13. The van der Waals surface area contributed by atoms with E-state index in [4.69, 9.17) is 0 Å². The van der Waals surface area contributed by atoms with Gasteiger partial charge in [0.05, 0.1) is 6.54 Å². The molecular weight excluding hydrogens is 170 g/mol. The molecule has 1 aliphatic rings. The SMILES string of the molecule is CC#CCN1CCCc2ccccc21. The highest BCUT2D eigenvalue weighted by Gasteiger charge is 2.14. The van der Waals surface area contributed by atoms with Crippen molar-refractivity contribution in [3.63, 3.8) is 0 Å². The standard InChI is InChI=1S/C13H15N/c1-2-3-10-14-11-6-8-12-7-4-5-9-13(12)14/h4-5,7,9H,6,8,10-11H2,1H3. The summed E-state index contributed by atoms with van der Waals surface area (Å²) < 4.78 is 0. The first-order chi connectivity index (χ1) is 6.92. The second-order valence-corrected chi connectivity index (χ2v) is 3.58. The quantitative estimate of drug-likeness (QED) is 0.607. The Labute approximate surface area is 85.7 Å². The number of aryl methyl sites for hydroxylation is 1. The summed E-state index contributed by atoms with van der Waals surface area (Å²) in [5.74, 6) is 6.09. The number of benzene rings is 1. The first-order valence-corrected chi connectivity index (χ1v) is 5.14. The van der Waals surface area contributed by atoms with E-state index in [1.807, 2.05) is 6.92 Å². The van der Waals surface area contributed by atoms with Crippen molar-refractivity contribution in [2.75, 3.05) is 18.0 Å². The van der Waals surface area contributed by atoms with Gasteiger partial charge in [0.15, 0.2) is 0 Å². The van der Waals surface area contributed by atoms with Crippen LogP contribution < -0.4 is 4.90 Å². The van der Waals surface area contributed by atoms with Crippen molar-refractivity contribution >= 4 is 5.69 Å². The van der Waals surface area contributed by atoms with Crippen molar-refractivity contribution in [3.05, 3.63) is 29.8 Å². The fourth-order valence-corrected chi connectivity index (χ4v) is 1.95. The molecule has 0 N–H and O–H groups in total. The second kappa shape index (κ2) is 4.19. The smallest absolute Gasteiger partial charge is 0.0794 e. The van der Waals surface area contributed by atoms with Gasteiger partial charge < -0.3 is 4.90 Å². The summed E-state index contributed by atoms with van der Waals surface area (Å²) in [4.78, 5) is 2.37. The molecule has 0 saturated heterocycles. The monoisotopic (exact) mass is 185 g/mol. The Kier molecular flexibility index (Phi) is 2.74. The van der Waals surface area contributed by atoms with Crippen LogP contribution >= 0.6 is 0 Å². The van der Waals surface area contributed by atoms with Gasteiger partial charge in [0, 0.05) is 12.2 Å². The lowest BCUT2D eigenvalue weighted by atomic mass is 10.0. The van der Waals surface area contributed by atoms with Gasteiger partial charge >= 0.3 is 0 Å². The third kappa shape index (κ3) is 1.75. The molecule has 0 unspecified atom stereocenters. The summed E-state index contributed by atoms with van der Waals surface area (Å²) in [6.45, 7) is 3.91. The van der Waals surface area contributed by atoms with Crippen LogP contribution in [0.5, 0.6) is 0 Å². The van der Waals surface area contributed by atoms with Crippen molar-refractivity contribution in [1.29, 1.82) is 0 Å². The molecule has 0 saturated carbocycles. The normalized spacial score (nSPS) is 14.2. The van der Waals surface area contributed by atoms with Crippen LogP contribution in [0.25, 0.3) is 0 Å². The molecule has 1 nitrogen and oxygen atoms in total. The molecule has 0 amide bonds. The molecule has 0 fully saturated rings. The minimum atomic E-state index is 0.869. The van der Waals surface area contributed by atoms with E-state index in [0.717, 1.165) is 13.1 Å². The Bertz CT molecular complexity index is 370. The molecule has 1 heteroatoms. The van der Waals surface area contributed by atoms with Gasteiger partial charge in [0.25, 0.3) is 0 Å². The van der Waals surface area contributed by atoms with E-state index in [-0.39, 0.29) is 0 Å². The largest absolute Gasteiger partial charge is 0.360 e. The molecule has 0 bridgehead atoms. The highest BCUT2D eigenvalue weighted by molar-refractivity contribution is 5.56. The Morgan fingerprint density at radius 3 is 3.07 bits per heavy atom. The van der Waals surface area contributed by atoms with Crippen molar-refractivity contribution in [2.24, 2.45) is 0 Å². The van der Waals surface area contributed by atoms with E-state index in [9.17, 15) is 0 Å². The molecule has 0 atom stereocenters. The van der Waals surface area contributed by atoms with Gasteiger partial charge in [-0.1, -0.05) is 24.1 Å². The van der Waals surface area contributed by atoms with Crippen LogP contribution in [0.4, 0.5) is 5.69 Å².